The molecule has 3 aromatic rings. The third-order valence-electron chi connectivity index (χ3n) is 5.59. The molecule has 1 aliphatic heterocycles. The summed E-state index contributed by atoms with van der Waals surface area (Å²) in [4.78, 5) is 24.5. The van der Waals surface area contributed by atoms with Gasteiger partial charge in [0, 0.05) is 49.4 Å². The molecule has 0 amide bonds. The fourth-order valence-electron chi connectivity index (χ4n) is 4.20. The molecule has 3 heterocycles. The molecule has 0 radical (unpaired) electrons. The summed E-state index contributed by atoms with van der Waals surface area (Å²) in [6.45, 7) is 7.50. The topological polar surface area (TPSA) is 63.9 Å². The standard InChI is InChI=1S/C23H29N5O/c1-16(2)13-28-8-4-5-19(15-28)22(29)10-23-24-11-18-7-6-17(9-21(18)26-23)20-12-25-27(3)14-20/h6-7,9,11-12,14,16,19H,4-5,8,10,13,15H2,1-3H3/t19-/m0/s1. The first kappa shape index (κ1) is 19.7. The predicted octanol–water partition coefficient (Wildman–Crippen LogP) is 3.51. The third-order valence-corrected chi connectivity index (χ3v) is 5.59. The monoisotopic (exact) mass is 391 g/mol. The van der Waals surface area contributed by atoms with Gasteiger partial charge in [-0.1, -0.05) is 26.0 Å². The zero-order chi connectivity index (χ0) is 20.4. The van der Waals surface area contributed by atoms with E-state index in [0.29, 0.717) is 18.2 Å². The number of Topliss-reactive ketones (excluding diaryl/α,β-unsaturated/α-hetero) is 1. The Kier molecular flexibility index (Phi) is 5.72. The average Bonchev–Trinajstić information content (AvgIpc) is 3.13. The lowest BCUT2D eigenvalue weighted by molar-refractivity contribution is -0.124. The van der Waals surface area contributed by atoms with E-state index < -0.39 is 0 Å². The largest absolute Gasteiger partial charge is 0.302 e. The van der Waals surface area contributed by atoms with E-state index in [1.54, 1.807) is 4.68 Å². The maximum atomic E-state index is 12.9. The highest BCUT2D eigenvalue weighted by atomic mass is 16.1. The van der Waals surface area contributed by atoms with Gasteiger partial charge in [0.15, 0.2) is 0 Å². The average molecular weight is 392 g/mol. The summed E-state index contributed by atoms with van der Waals surface area (Å²) in [6.07, 6.45) is 8.04. The minimum Gasteiger partial charge on any atom is -0.302 e. The second-order valence-corrected chi connectivity index (χ2v) is 8.60. The van der Waals surface area contributed by atoms with Crippen molar-refractivity contribution in [1.82, 2.24) is 24.6 Å². The highest BCUT2D eigenvalue weighted by Crippen LogP contribution is 2.24. The molecule has 1 atom stereocenters. The molecule has 6 nitrogen and oxygen atoms in total. The first-order valence-electron chi connectivity index (χ1n) is 10.5. The number of piperidine rings is 1. The predicted molar refractivity (Wildman–Crippen MR) is 114 cm³/mol. The number of rotatable bonds is 6. The molecule has 152 valence electrons. The molecule has 1 fully saturated rings. The normalized spacial score (nSPS) is 17.9. The minimum atomic E-state index is 0.100. The number of aryl methyl sites for hydroxylation is 1. The van der Waals surface area contributed by atoms with Gasteiger partial charge < -0.3 is 4.90 Å². The van der Waals surface area contributed by atoms with E-state index in [-0.39, 0.29) is 11.7 Å². The van der Waals surface area contributed by atoms with Crippen LogP contribution in [0.25, 0.3) is 22.0 Å². The van der Waals surface area contributed by atoms with Crippen LogP contribution < -0.4 is 0 Å². The number of benzene rings is 1. The van der Waals surface area contributed by atoms with Crippen LogP contribution in [0, 0.1) is 11.8 Å². The first-order valence-corrected chi connectivity index (χ1v) is 10.5. The molecular formula is C23H29N5O. The Labute approximate surface area is 172 Å². The number of hydrogen-bond acceptors (Lipinski definition) is 5. The zero-order valence-corrected chi connectivity index (χ0v) is 17.5. The van der Waals surface area contributed by atoms with Gasteiger partial charge in [-0.05, 0) is 36.9 Å². The van der Waals surface area contributed by atoms with Crippen LogP contribution in [0.15, 0.2) is 36.8 Å². The van der Waals surface area contributed by atoms with Gasteiger partial charge in [0.2, 0.25) is 0 Å². The molecular weight excluding hydrogens is 362 g/mol. The third kappa shape index (κ3) is 4.70. The minimum absolute atomic E-state index is 0.100. The van der Waals surface area contributed by atoms with Crippen molar-refractivity contribution in [3.8, 4) is 11.1 Å². The van der Waals surface area contributed by atoms with Crippen molar-refractivity contribution in [1.29, 1.82) is 0 Å². The lowest BCUT2D eigenvalue weighted by Crippen LogP contribution is -2.40. The van der Waals surface area contributed by atoms with Gasteiger partial charge in [0.25, 0.3) is 0 Å². The maximum absolute atomic E-state index is 12.9. The molecule has 1 saturated heterocycles. The maximum Gasteiger partial charge on any atom is 0.144 e. The van der Waals surface area contributed by atoms with Gasteiger partial charge >= 0.3 is 0 Å². The van der Waals surface area contributed by atoms with Crippen molar-refractivity contribution in [2.45, 2.75) is 33.1 Å². The van der Waals surface area contributed by atoms with E-state index in [0.717, 1.165) is 54.5 Å². The molecule has 0 aliphatic carbocycles. The van der Waals surface area contributed by atoms with Crippen molar-refractivity contribution >= 4 is 16.7 Å². The molecule has 0 N–H and O–H groups in total. The molecule has 4 rings (SSSR count). The highest BCUT2D eigenvalue weighted by molar-refractivity contribution is 5.85. The smallest absolute Gasteiger partial charge is 0.144 e. The van der Waals surface area contributed by atoms with Gasteiger partial charge in [-0.3, -0.25) is 9.48 Å². The molecule has 0 bridgehead atoms. The molecule has 2 aromatic heterocycles. The summed E-state index contributed by atoms with van der Waals surface area (Å²) in [5, 5.41) is 5.22. The molecule has 1 aliphatic rings. The van der Waals surface area contributed by atoms with E-state index >= 15 is 0 Å². The van der Waals surface area contributed by atoms with Crippen molar-refractivity contribution in [3.63, 3.8) is 0 Å². The van der Waals surface area contributed by atoms with Crippen molar-refractivity contribution in [2.75, 3.05) is 19.6 Å². The zero-order valence-electron chi connectivity index (χ0n) is 17.5. The number of likely N-dealkylation sites (tertiary alicyclic amines) is 1. The summed E-state index contributed by atoms with van der Waals surface area (Å²) in [5.41, 5.74) is 2.99. The van der Waals surface area contributed by atoms with E-state index in [4.69, 9.17) is 4.98 Å². The Morgan fingerprint density at radius 3 is 2.86 bits per heavy atom. The number of nitrogens with zero attached hydrogens (tertiary/aromatic N) is 5. The summed E-state index contributed by atoms with van der Waals surface area (Å²) < 4.78 is 1.79. The second kappa shape index (κ2) is 8.41. The lowest BCUT2D eigenvalue weighted by Gasteiger charge is -2.33. The summed E-state index contributed by atoms with van der Waals surface area (Å²) in [6, 6.07) is 6.13. The van der Waals surface area contributed by atoms with E-state index in [9.17, 15) is 4.79 Å². The molecule has 0 unspecified atom stereocenters. The van der Waals surface area contributed by atoms with Crippen molar-refractivity contribution in [3.05, 3.63) is 42.6 Å². The second-order valence-electron chi connectivity index (χ2n) is 8.60. The van der Waals surface area contributed by atoms with Crippen LogP contribution in [-0.4, -0.2) is 50.1 Å². The summed E-state index contributed by atoms with van der Waals surface area (Å²) in [7, 11) is 1.91. The van der Waals surface area contributed by atoms with Crippen molar-refractivity contribution < 1.29 is 4.79 Å². The van der Waals surface area contributed by atoms with Crippen LogP contribution in [-0.2, 0) is 18.3 Å². The van der Waals surface area contributed by atoms with E-state index in [1.165, 1.54) is 0 Å². The summed E-state index contributed by atoms with van der Waals surface area (Å²) >= 11 is 0. The number of hydrogen-bond donors (Lipinski definition) is 0. The van der Waals surface area contributed by atoms with Crippen LogP contribution >= 0.6 is 0 Å². The summed E-state index contributed by atoms with van der Waals surface area (Å²) in [5.74, 6) is 1.61. The van der Waals surface area contributed by atoms with Crippen molar-refractivity contribution in [2.24, 2.45) is 18.9 Å². The Bertz CT molecular complexity index is 1010. The number of fused-ring (bicyclic) bond motifs is 1. The van der Waals surface area contributed by atoms with Crippen LogP contribution in [0.5, 0.6) is 0 Å². The Hall–Kier alpha value is -2.60. The fraction of sp³-hybridized carbons (Fsp3) is 0.478. The Morgan fingerprint density at radius 1 is 1.24 bits per heavy atom. The van der Waals surface area contributed by atoms with E-state index in [2.05, 4.69) is 34.9 Å². The quantitative estimate of drug-likeness (QED) is 0.643. The lowest BCUT2D eigenvalue weighted by atomic mass is 9.91. The van der Waals surface area contributed by atoms with Gasteiger partial charge in [-0.25, -0.2) is 9.97 Å². The van der Waals surface area contributed by atoms with Crippen LogP contribution in [0.4, 0.5) is 0 Å². The van der Waals surface area contributed by atoms with Gasteiger partial charge in [0.1, 0.15) is 11.6 Å². The molecule has 1 aromatic carbocycles. The van der Waals surface area contributed by atoms with Gasteiger partial charge in [-0.2, -0.15) is 5.10 Å². The number of carbonyl (C=O) groups excluding carboxylic acids is 1. The van der Waals surface area contributed by atoms with Gasteiger partial charge in [0.05, 0.1) is 18.1 Å². The van der Waals surface area contributed by atoms with E-state index in [1.807, 2.05) is 37.8 Å². The highest BCUT2D eigenvalue weighted by Gasteiger charge is 2.26. The Balaban J connectivity index is 1.49. The van der Waals surface area contributed by atoms with Gasteiger partial charge in [-0.15, -0.1) is 0 Å². The number of aromatic nitrogens is 4. The molecule has 0 spiro atoms. The molecule has 29 heavy (non-hydrogen) atoms. The molecule has 6 heteroatoms. The fourth-order valence-corrected chi connectivity index (χ4v) is 4.20. The number of carbonyl (C=O) groups is 1. The number of ketones is 1. The molecule has 0 saturated carbocycles. The van der Waals surface area contributed by atoms with Crippen LogP contribution in [0.1, 0.15) is 32.5 Å². The Morgan fingerprint density at radius 2 is 2.10 bits per heavy atom. The first-order chi connectivity index (χ1) is 14.0. The SMILES string of the molecule is CC(C)CN1CCC[C@H](C(=O)Cc2ncc3ccc(-c4cnn(C)c4)cc3n2)C1. The van der Waals surface area contributed by atoms with Crippen LogP contribution in [0.3, 0.4) is 0 Å². The van der Waals surface area contributed by atoms with Crippen LogP contribution in [0.2, 0.25) is 0 Å².